The quantitative estimate of drug-likeness (QED) is 0.0878. The summed E-state index contributed by atoms with van der Waals surface area (Å²) >= 11 is 0. The van der Waals surface area contributed by atoms with Gasteiger partial charge in [-0.1, -0.05) is 120 Å². The van der Waals surface area contributed by atoms with Gasteiger partial charge >= 0.3 is 0 Å². The minimum absolute atomic E-state index is 0.959. The Bertz CT molecular complexity index is 1410. The monoisotopic (exact) mass is 478 g/mol. The van der Waals surface area contributed by atoms with Gasteiger partial charge in [0.2, 0.25) is 0 Å². The van der Waals surface area contributed by atoms with Crippen LogP contribution in [0.25, 0.3) is 43.3 Å². The topological polar surface area (TPSA) is 13.1 Å². The molecular formula is C35H42O. The molecule has 5 rings (SSSR count). The molecule has 0 bridgehead atoms. The number of hydrogen-bond acceptors (Lipinski definition) is 1. The van der Waals surface area contributed by atoms with Gasteiger partial charge in [-0.3, -0.25) is 0 Å². The molecular weight excluding hydrogens is 436 g/mol. The van der Waals surface area contributed by atoms with E-state index in [9.17, 15) is 0 Å². The third-order valence-corrected chi connectivity index (χ3v) is 8.04. The van der Waals surface area contributed by atoms with Crippen LogP contribution >= 0.6 is 0 Å². The highest BCUT2D eigenvalue weighted by atomic mass is 16.3. The zero-order valence-electron chi connectivity index (χ0n) is 22.2. The van der Waals surface area contributed by atoms with Crippen molar-refractivity contribution in [2.75, 3.05) is 0 Å². The van der Waals surface area contributed by atoms with Gasteiger partial charge in [-0.25, -0.2) is 0 Å². The zero-order chi connectivity index (χ0) is 24.6. The van der Waals surface area contributed by atoms with Crippen molar-refractivity contribution in [1.82, 2.24) is 0 Å². The molecule has 0 fully saturated rings. The number of rotatable bonds is 14. The summed E-state index contributed by atoms with van der Waals surface area (Å²) in [5.74, 6) is 0. The summed E-state index contributed by atoms with van der Waals surface area (Å²) < 4.78 is 5.61. The first-order valence-electron chi connectivity index (χ1n) is 14.6. The Hall–Kier alpha value is -2.80. The van der Waals surface area contributed by atoms with E-state index in [1.54, 1.807) is 6.26 Å². The number of fused-ring (bicyclic) bond motifs is 6. The SMILES string of the molecule is CCCCCCCCCCCCCCCc1ccc2cc3c(ccc4c5ccoc5ccc34)cc2c1. The van der Waals surface area contributed by atoms with Crippen LogP contribution in [0.15, 0.2) is 71.3 Å². The van der Waals surface area contributed by atoms with Gasteiger partial charge in [-0.2, -0.15) is 0 Å². The van der Waals surface area contributed by atoms with Crippen LogP contribution in [0.2, 0.25) is 0 Å². The first kappa shape index (κ1) is 24.9. The number of furan rings is 1. The van der Waals surface area contributed by atoms with E-state index in [1.807, 2.05) is 0 Å². The van der Waals surface area contributed by atoms with E-state index in [4.69, 9.17) is 4.42 Å². The molecule has 0 N–H and O–H groups in total. The zero-order valence-corrected chi connectivity index (χ0v) is 22.2. The molecule has 0 aliphatic rings. The largest absolute Gasteiger partial charge is 0.464 e. The third kappa shape index (κ3) is 5.94. The molecule has 0 unspecified atom stereocenters. The molecule has 188 valence electrons. The van der Waals surface area contributed by atoms with E-state index in [0.29, 0.717) is 0 Å². The number of aryl methyl sites for hydroxylation is 1. The van der Waals surface area contributed by atoms with Crippen LogP contribution in [-0.4, -0.2) is 0 Å². The Balaban J connectivity index is 1.11. The maximum absolute atomic E-state index is 5.61. The van der Waals surface area contributed by atoms with Crippen LogP contribution in [0, 0.1) is 0 Å². The van der Waals surface area contributed by atoms with Gasteiger partial charge < -0.3 is 4.42 Å². The van der Waals surface area contributed by atoms with E-state index >= 15 is 0 Å². The minimum Gasteiger partial charge on any atom is -0.464 e. The molecule has 1 heteroatoms. The fraction of sp³-hybridized carbons (Fsp3) is 0.429. The van der Waals surface area contributed by atoms with Crippen molar-refractivity contribution < 1.29 is 4.42 Å². The highest BCUT2D eigenvalue weighted by molar-refractivity contribution is 6.18. The molecule has 0 atom stereocenters. The maximum Gasteiger partial charge on any atom is 0.134 e. The molecule has 0 spiro atoms. The van der Waals surface area contributed by atoms with E-state index < -0.39 is 0 Å². The molecule has 0 aliphatic heterocycles. The standard InChI is InChI=1S/C35H42O/c1-2-3-4-5-6-7-8-9-10-11-12-13-14-15-27-16-17-28-26-34-29(25-30(28)24-27)18-19-31-32(34)20-21-35-33(31)22-23-36-35/h16-26H,2-15H2,1H3. The smallest absolute Gasteiger partial charge is 0.134 e. The average Bonchev–Trinajstić information content (AvgIpc) is 3.39. The predicted octanol–water partition coefficient (Wildman–Crippen LogP) is 11.5. The second kappa shape index (κ2) is 12.4. The van der Waals surface area contributed by atoms with Crippen molar-refractivity contribution in [1.29, 1.82) is 0 Å². The molecule has 5 aromatic rings. The van der Waals surface area contributed by atoms with Crippen LogP contribution in [0.3, 0.4) is 0 Å². The van der Waals surface area contributed by atoms with Gasteiger partial charge in [0.15, 0.2) is 0 Å². The molecule has 1 nitrogen and oxygen atoms in total. The summed E-state index contributed by atoms with van der Waals surface area (Å²) in [6, 6.07) is 22.7. The Morgan fingerprint density at radius 2 is 1.11 bits per heavy atom. The Morgan fingerprint density at radius 1 is 0.472 bits per heavy atom. The van der Waals surface area contributed by atoms with Crippen molar-refractivity contribution in [2.24, 2.45) is 0 Å². The van der Waals surface area contributed by atoms with E-state index in [1.165, 1.54) is 133 Å². The summed E-state index contributed by atoms with van der Waals surface area (Å²) in [6.07, 6.45) is 21.3. The summed E-state index contributed by atoms with van der Waals surface area (Å²) in [5.41, 5.74) is 2.44. The molecule has 4 aromatic carbocycles. The predicted molar refractivity (Wildman–Crippen MR) is 158 cm³/mol. The van der Waals surface area contributed by atoms with Gasteiger partial charge in [-0.15, -0.1) is 0 Å². The van der Waals surface area contributed by atoms with Crippen molar-refractivity contribution in [3.63, 3.8) is 0 Å². The molecule has 1 heterocycles. The minimum atomic E-state index is 0.959. The number of benzene rings is 4. The van der Waals surface area contributed by atoms with Crippen LogP contribution in [-0.2, 0) is 6.42 Å². The van der Waals surface area contributed by atoms with Crippen LogP contribution in [0.1, 0.15) is 96.0 Å². The first-order valence-corrected chi connectivity index (χ1v) is 14.6. The maximum atomic E-state index is 5.61. The Kier molecular flexibility index (Phi) is 8.59. The van der Waals surface area contributed by atoms with Gasteiger partial charge in [0.05, 0.1) is 6.26 Å². The molecule has 0 saturated heterocycles. The molecule has 0 aliphatic carbocycles. The van der Waals surface area contributed by atoms with Crippen LogP contribution < -0.4 is 0 Å². The first-order chi connectivity index (χ1) is 17.8. The summed E-state index contributed by atoms with van der Waals surface area (Å²) in [4.78, 5) is 0. The fourth-order valence-corrected chi connectivity index (χ4v) is 5.89. The summed E-state index contributed by atoms with van der Waals surface area (Å²) in [6.45, 7) is 2.30. The highest BCUT2D eigenvalue weighted by Crippen LogP contribution is 2.34. The molecule has 0 amide bonds. The van der Waals surface area contributed by atoms with E-state index in [0.717, 1.165) is 5.58 Å². The van der Waals surface area contributed by atoms with Crippen LogP contribution in [0.5, 0.6) is 0 Å². The Morgan fingerprint density at radius 3 is 1.86 bits per heavy atom. The van der Waals surface area contributed by atoms with Crippen LogP contribution in [0.4, 0.5) is 0 Å². The lowest BCUT2D eigenvalue weighted by atomic mass is 9.95. The van der Waals surface area contributed by atoms with Gasteiger partial charge in [0.25, 0.3) is 0 Å². The van der Waals surface area contributed by atoms with Crippen molar-refractivity contribution in [2.45, 2.75) is 96.8 Å². The Labute approximate surface area is 216 Å². The van der Waals surface area contributed by atoms with Crippen molar-refractivity contribution in [3.8, 4) is 0 Å². The van der Waals surface area contributed by atoms with Crippen molar-refractivity contribution >= 4 is 43.3 Å². The normalized spacial score (nSPS) is 11.9. The lowest BCUT2D eigenvalue weighted by Gasteiger charge is -2.09. The molecule has 0 radical (unpaired) electrons. The second-order valence-electron chi connectivity index (χ2n) is 10.8. The second-order valence-corrected chi connectivity index (χ2v) is 10.8. The lowest BCUT2D eigenvalue weighted by Crippen LogP contribution is -1.88. The number of unbranched alkanes of at least 4 members (excludes halogenated alkanes) is 12. The van der Waals surface area contributed by atoms with E-state index in [-0.39, 0.29) is 0 Å². The van der Waals surface area contributed by atoms with Gasteiger partial charge in [-0.05, 0) is 75.0 Å². The number of hydrogen-bond donors (Lipinski definition) is 0. The fourth-order valence-electron chi connectivity index (χ4n) is 5.89. The van der Waals surface area contributed by atoms with Gasteiger partial charge in [0, 0.05) is 5.39 Å². The summed E-state index contributed by atoms with van der Waals surface area (Å²) in [5, 5.41) is 9.10. The molecule has 36 heavy (non-hydrogen) atoms. The third-order valence-electron chi connectivity index (χ3n) is 8.04. The highest BCUT2D eigenvalue weighted by Gasteiger charge is 2.08. The summed E-state index contributed by atoms with van der Waals surface area (Å²) in [7, 11) is 0. The van der Waals surface area contributed by atoms with E-state index in [2.05, 4.69) is 67.6 Å². The average molecular weight is 479 g/mol. The lowest BCUT2D eigenvalue weighted by molar-refractivity contribution is 0.539. The molecule has 1 aromatic heterocycles. The van der Waals surface area contributed by atoms with Crippen molar-refractivity contribution in [3.05, 3.63) is 72.5 Å². The van der Waals surface area contributed by atoms with Gasteiger partial charge in [0.1, 0.15) is 5.58 Å². The molecule has 0 saturated carbocycles.